The summed E-state index contributed by atoms with van der Waals surface area (Å²) in [5.74, 6) is -0.874. The molecule has 1 aromatic heterocycles. The number of nitrogens with zero attached hydrogens (tertiary/aromatic N) is 3. The molecule has 2 aliphatic heterocycles. The predicted molar refractivity (Wildman–Crippen MR) is 92.0 cm³/mol. The first-order chi connectivity index (χ1) is 12.0. The number of imide groups is 1. The summed E-state index contributed by atoms with van der Waals surface area (Å²) in [7, 11) is 1.60. The Morgan fingerprint density at radius 3 is 2.84 bits per heavy atom. The molecule has 134 valence electrons. The van der Waals surface area contributed by atoms with E-state index < -0.39 is 11.9 Å². The predicted octanol–water partition coefficient (Wildman–Crippen LogP) is -0.703. The fourth-order valence-electron chi connectivity index (χ4n) is 3.19. The molecule has 0 aromatic carbocycles. The highest BCUT2D eigenvalue weighted by atomic mass is 16.2. The largest absolute Gasteiger partial charge is 0.369 e. The summed E-state index contributed by atoms with van der Waals surface area (Å²) in [5.41, 5.74) is 1.74. The number of aromatic nitrogens is 1. The average molecular weight is 345 g/mol. The molecule has 2 fully saturated rings. The van der Waals surface area contributed by atoms with Crippen LogP contribution in [0.5, 0.6) is 0 Å². The van der Waals surface area contributed by atoms with E-state index in [2.05, 4.69) is 20.5 Å². The van der Waals surface area contributed by atoms with Gasteiger partial charge in [0, 0.05) is 51.5 Å². The number of nitrogens with one attached hydrogen (secondary N) is 2. The smallest absolute Gasteiger partial charge is 0.249 e. The van der Waals surface area contributed by atoms with Crippen LogP contribution in [0, 0.1) is 0 Å². The molecule has 3 heterocycles. The Morgan fingerprint density at radius 2 is 2.12 bits per heavy atom. The van der Waals surface area contributed by atoms with Gasteiger partial charge >= 0.3 is 0 Å². The lowest BCUT2D eigenvalue weighted by molar-refractivity contribution is -0.144. The van der Waals surface area contributed by atoms with Crippen molar-refractivity contribution in [1.29, 1.82) is 0 Å². The van der Waals surface area contributed by atoms with Crippen LogP contribution in [0.15, 0.2) is 18.3 Å². The zero-order valence-electron chi connectivity index (χ0n) is 14.3. The topological polar surface area (TPSA) is 94.6 Å². The maximum atomic E-state index is 12.5. The van der Waals surface area contributed by atoms with Crippen molar-refractivity contribution >= 4 is 23.4 Å². The third-order valence-corrected chi connectivity index (χ3v) is 4.69. The lowest BCUT2D eigenvalue weighted by Crippen LogP contribution is -2.53. The van der Waals surface area contributed by atoms with Crippen LogP contribution in [0.3, 0.4) is 0 Å². The van der Waals surface area contributed by atoms with Crippen LogP contribution >= 0.6 is 0 Å². The highest BCUT2D eigenvalue weighted by Gasteiger charge is 2.32. The van der Waals surface area contributed by atoms with E-state index in [1.165, 1.54) is 4.90 Å². The van der Waals surface area contributed by atoms with E-state index in [-0.39, 0.29) is 24.7 Å². The second-order valence-corrected chi connectivity index (χ2v) is 6.39. The Kier molecular flexibility index (Phi) is 5.28. The summed E-state index contributed by atoms with van der Waals surface area (Å²) in [6, 6.07) is 3.28. The number of carbonyl (C=O) groups is 3. The summed E-state index contributed by atoms with van der Waals surface area (Å²) in [5, 5.41) is 5.59. The second-order valence-electron chi connectivity index (χ2n) is 6.39. The molecule has 1 aromatic rings. The molecule has 1 atom stereocenters. The van der Waals surface area contributed by atoms with E-state index >= 15 is 0 Å². The Bertz CT molecular complexity index is 672. The quantitative estimate of drug-likeness (QED) is 0.701. The van der Waals surface area contributed by atoms with Gasteiger partial charge in [0.25, 0.3) is 0 Å². The number of piperazine rings is 1. The molecular weight excluding hydrogens is 322 g/mol. The van der Waals surface area contributed by atoms with Gasteiger partial charge in [0.05, 0.1) is 12.1 Å². The first-order valence-electron chi connectivity index (χ1n) is 8.54. The monoisotopic (exact) mass is 345 g/mol. The molecule has 25 heavy (non-hydrogen) atoms. The standard InChI is InChI=1S/C17H23N5O3/c1-21(14-2-3-15(23)20-17(14)25)16(24)11-12-10-13(4-5-19-12)22-8-6-18-7-9-22/h4-5,10,14,18H,2-3,6-9,11H2,1H3,(H,20,23,25). The molecular formula is C17H23N5O3. The molecule has 3 amide bonds. The maximum Gasteiger partial charge on any atom is 0.249 e. The number of amides is 3. The van der Waals surface area contributed by atoms with Crippen LogP contribution in [0.1, 0.15) is 18.5 Å². The Hall–Kier alpha value is -2.48. The highest BCUT2D eigenvalue weighted by molar-refractivity contribution is 6.01. The molecule has 1 unspecified atom stereocenters. The summed E-state index contributed by atoms with van der Waals surface area (Å²) < 4.78 is 0. The van der Waals surface area contributed by atoms with Gasteiger partial charge in [0.2, 0.25) is 17.7 Å². The first-order valence-corrected chi connectivity index (χ1v) is 8.54. The van der Waals surface area contributed by atoms with Gasteiger partial charge < -0.3 is 15.1 Å². The minimum Gasteiger partial charge on any atom is -0.369 e. The van der Waals surface area contributed by atoms with Crippen molar-refractivity contribution in [3.63, 3.8) is 0 Å². The molecule has 3 rings (SSSR count). The normalized spacial score (nSPS) is 21.0. The SMILES string of the molecule is CN(C(=O)Cc1cc(N2CCNCC2)ccn1)C1CCC(=O)NC1=O. The van der Waals surface area contributed by atoms with Crippen molar-refractivity contribution in [2.24, 2.45) is 0 Å². The molecule has 0 aliphatic carbocycles. The first kappa shape index (κ1) is 17.3. The van der Waals surface area contributed by atoms with Crippen molar-refractivity contribution in [2.75, 3.05) is 38.1 Å². The molecule has 2 N–H and O–H groups in total. The van der Waals surface area contributed by atoms with Gasteiger partial charge in [-0.15, -0.1) is 0 Å². The van der Waals surface area contributed by atoms with E-state index in [4.69, 9.17) is 0 Å². The molecule has 8 heteroatoms. The number of carbonyl (C=O) groups excluding carboxylic acids is 3. The maximum absolute atomic E-state index is 12.5. The number of rotatable bonds is 4. The minimum absolute atomic E-state index is 0.133. The molecule has 8 nitrogen and oxygen atoms in total. The van der Waals surface area contributed by atoms with Gasteiger partial charge in [-0.2, -0.15) is 0 Å². The number of likely N-dealkylation sites (N-methyl/N-ethyl adjacent to an activating group) is 1. The van der Waals surface area contributed by atoms with Crippen molar-refractivity contribution in [3.05, 3.63) is 24.0 Å². The summed E-state index contributed by atoms with van der Waals surface area (Å²) in [4.78, 5) is 43.6. The van der Waals surface area contributed by atoms with Gasteiger partial charge in [0.15, 0.2) is 0 Å². The van der Waals surface area contributed by atoms with Crippen molar-refractivity contribution in [2.45, 2.75) is 25.3 Å². The molecule has 0 saturated carbocycles. The number of piperidine rings is 1. The van der Waals surface area contributed by atoms with Crippen LogP contribution in [0.4, 0.5) is 5.69 Å². The lowest BCUT2D eigenvalue weighted by Gasteiger charge is -2.30. The molecule has 0 radical (unpaired) electrons. The van der Waals surface area contributed by atoms with Gasteiger partial charge in [-0.05, 0) is 18.6 Å². The van der Waals surface area contributed by atoms with Crippen LogP contribution < -0.4 is 15.5 Å². The van der Waals surface area contributed by atoms with Crippen molar-refractivity contribution in [3.8, 4) is 0 Å². The summed E-state index contributed by atoms with van der Waals surface area (Å²) in [6.07, 6.45) is 2.46. The fourth-order valence-corrected chi connectivity index (χ4v) is 3.19. The van der Waals surface area contributed by atoms with E-state index in [1.807, 2.05) is 12.1 Å². The van der Waals surface area contributed by atoms with Crippen LogP contribution in [0.2, 0.25) is 0 Å². The van der Waals surface area contributed by atoms with Gasteiger partial charge in [-0.1, -0.05) is 0 Å². The molecule has 0 spiro atoms. The van der Waals surface area contributed by atoms with Gasteiger partial charge in [-0.25, -0.2) is 0 Å². The third-order valence-electron chi connectivity index (χ3n) is 4.69. The van der Waals surface area contributed by atoms with Crippen LogP contribution in [-0.4, -0.2) is 66.9 Å². The molecule has 0 bridgehead atoms. The number of hydrogen-bond acceptors (Lipinski definition) is 6. The van der Waals surface area contributed by atoms with Crippen molar-refractivity contribution in [1.82, 2.24) is 20.5 Å². The van der Waals surface area contributed by atoms with E-state index in [0.29, 0.717) is 12.1 Å². The van der Waals surface area contributed by atoms with E-state index in [1.54, 1.807) is 13.2 Å². The summed E-state index contributed by atoms with van der Waals surface area (Å²) in [6.45, 7) is 3.73. The minimum atomic E-state index is -0.596. The van der Waals surface area contributed by atoms with Crippen LogP contribution in [0.25, 0.3) is 0 Å². The van der Waals surface area contributed by atoms with E-state index in [0.717, 1.165) is 31.9 Å². The number of hydrogen-bond donors (Lipinski definition) is 2. The number of anilines is 1. The zero-order chi connectivity index (χ0) is 17.8. The summed E-state index contributed by atoms with van der Waals surface area (Å²) >= 11 is 0. The lowest BCUT2D eigenvalue weighted by atomic mass is 10.0. The number of pyridine rings is 1. The Labute approximate surface area is 146 Å². The zero-order valence-corrected chi connectivity index (χ0v) is 14.3. The fraction of sp³-hybridized carbons (Fsp3) is 0.529. The molecule has 2 aliphatic rings. The molecule has 2 saturated heterocycles. The Morgan fingerprint density at radius 1 is 1.36 bits per heavy atom. The third kappa shape index (κ3) is 4.14. The van der Waals surface area contributed by atoms with Crippen LogP contribution in [-0.2, 0) is 20.8 Å². The van der Waals surface area contributed by atoms with Gasteiger partial charge in [0.1, 0.15) is 6.04 Å². The van der Waals surface area contributed by atoms with Gasteiger partial charge in [-0.3, -0.25) is 24.7 Å². The Balaban J connectivity index is 1.64. The second kappa shape index (κ2) is 7.60. The average Bonchev–Trinajstić information content (AvgIpc) is 2.62. The highest BCUT2D eigenvalue weighted by Crippen LogP contribution is 2.17. The van der Waals surface area contributed by atoms with E-state index in [9.17, 15) is 14.4 Å². The van der Waals surface area contributed by atoms with Crippen molar-refractivity contribution < 1.29 is 14.4 Å².